The largest absolute Gasteiger partial charge is 0.397 e. The van der Waals surface area contributed by atoms with Crippen molar-refractivity contribution in [3.8, 4) is 0 Å². The maximum absolute atomic E-state index is 8.57. The third-order valence-electron chi connectivity index (χ3n) is 1.63. The number of aliphatic hydroxyl groups excluding tert-OH is 1. The van der Waals surface area contributed by atoms with E-state index in [1.165, 1.54) is 0 Å². The molecule has 80 valence electrons. The number of aryl methyl sites for hydroxylation is 1. The second kappa shape index (κ2) is 7.21. The second-order valence-corrected chi connectivity index (χ2v) is 2.74. The van der Waals surface area contributed by atoms with E-state index >= 15 is 0 Å². The zero-order valence-corrected chi connectivity index (χ0v) is 9.17. The molecule has 0 aliphatic heterocycles. The molecule has 0 spiro atoms. The van der Waals surface area contributed by atoms with Gasteiger partial charge >= 0.3 is 0 Å². The molecule has 14 heavy (non-hydrogen) atoms. The Hall–Kier alpha value is -1.22. The van der Waals surface area contributed by atoms with Gasteiger partial charge in [0.2, 0.25) is 0 Å². The van der Waals surface area contributed by atoms with Crippen LogP contribution in [0.4, 0.5) is 11.4 Å². The SMILES string of the molecule is CC.Cc1ccc(NCCO)c(N)c1. The Bertz CT molecular complexity index is 261. The quantitative estimate of drug-likeness (QED) is 0.648. The Morgan fingerprint density at radius 3 is 2.50 bits per heavy atom. The van der Waals surface area contributed by atoms with Gasteiger partial charge in [-0.3, -0.25) is 0 Å². The van der Waals surface area contributed by atoms with Crippen molar-refractivity contribution in [2.45, 2.75) is 20.8 Å². The molecule has 0 fully saturated rings. The van der Waals surface area contributed by atoms with Crippen molar-refractivity contribution >= 4 is 11.4 Å². The molecule has 0 bridgehead atoms. The van der Waals surface area contributed by atoms with E-state index in [1.807, 2.05) is 39.0 Å². The Balaban J connectivity index is 0.000000791. The molecule has 4 N–H and O–H groups in total. The summed E-state index contributed by atoms with van der Waals surface area (Å²) in [5.41, 5.74) is 8.47. The second-order valence-electron chi connectivity index (χ2n) is 2.74. The molecule has 0 amide bonds. The summed E-state index contributed by atoms with van der Waals surface area (Å²) in [7, 11) is 0. The average molecular weight is 196 g/mol. The summed E-state index contributed by atoms with van der Waals surface area (Å²) < 4.78 is 0. The molecule has 1 aromatic carbocycles. The van der Waals surface area contributed by atoms with Crippen LogP contribution >= 0.6 is 0 Å². The first-order chi connectivity index (χ1) is 6.74. The fourth-order valence-corrected chi connectivity index (χ4v) is 1.03. The standard InChI is InChI=1S/C9H14N2O.C2H6/c1-7-2-3-9(8(10)6-7)11-4-5-12;1-2/h2-3,6,11-12H,4-5,10H2,1H3;1-2H3. The predicted octanol–water partition coefficient (Wildman–Crippen LogP) is 2.01. The molecular formula is C11H20N2O. The first-order valence-corrected chi connectivity index (χ1v) is 4.95. The Morgan fingerprint density at radius 1 is 1.36 bits per heavy atom. The highest BCUT2D eigenvalue weighted by atomic mass is 16.3. The number of nitrogens with two attached hydrogens (primary N) is 1. The zero-order valence-electron chi connectivity index (χ0n) is 9.17. The van der Waals surface area contributed by atoms with Gasteiger partial charge in [0.05, 0.1) is 18.0 Å². The lowest BCUT2D eigenvalue weighted by Crippen LogP contribution is -2.07. The van der Waals surface area contributed by atoms with Gasteiger partial charge in [0.15, 0.2) is 0 Å². The van der Waals surface area contributed by atoms with Crippen LogP contribution in [-0.2, 0) is 0 Å². The Kier molecular flexibility index (Phi) is 6.58. The van der Waals surface area contributed by atoms with E-state index < -0.39 is 0 Å². The minimum Gasteiger partial charge on any atom is -0.397 e. The molecule has 3 heteroatoms. The van der Waals surface area contributed by atoms with Gasteiger partial charge in [-0.1, -0.05) is 19.9 Å². The lowest BCUT2D eigenvalue weighted by molar-refractivity contribution is 0.311. The molecule has 0 radical (unpaired) electrons. The van der Waals surface area contributed by atoms with Crippen molar-refractivity contribution in [1.82, 2.24) is 0 Å². The number of rotatable bonds is 3. The highest BCUT2D eigenvalue weighted by Crippen LogP contribution is 2.18. The Labute approximate surface area is 85.9 Å². The van der Waals surface area contributed by atoms with Gasteiger partial charge in [-0.15, -0.1) is 0 Å². The van der Waals surface area contributed by atoms with Crippen LogP contribution in [0, 0.1) is 6.92 Å². The molecule has 0 atom stereocenters. The van der Waals surface area contributed by atoms with Gasteiger partial charge < -0.3 is 16.2 Å². The lowest BCUT2D eigenvalue weighted by Gasteiger charge is -2.07. The molecule has 0 aromatic heterocycles. The third-order valence-corrected chi connectivity index (χ3v) is 1.63. The average Bonchev–Trinajstić information content (AvgIpc) is 2.20. The summed E-state index contributed by atoms with van der Waals surface area (Å²) in [4.78, 5) is 0. The molecule has 0 unspecified atom stereocenters. The van der Waals surface area contributed by atoms with Crippen molar-refractivity contribution in [3.63, 3.8) is 0 Å². The highest BCUT2D eigenvalue weighted by molar-refractivity contribution is 5.66. The monoisotopic (exact) mass is 196 g/mol. The van der Waals surface area contributed by atoms with Crippen LogP contribution in [0.1, 0.15) is 19.4 Å². The molecule has 0 saturated carbocycles. The van der Waals surface area contributed by atoms with Gasteiger partial charge in [-0.25, -0.2) is 0 Å². The van der Waals surface area contributed by atoms with Gasteiger partial charge in [0, 0.05) is 6.54 Å². The highest BCUT2D eigenvalue weighted by Gasteiger charge is 1.96. The molecule has 0 saturated heterocycles. The topological polar surface area (TPSA) is 58.3 Å². The number of hydrogen-bond donors (Lipinski definition) is 3. The van der Waals surface area contributed by atoms with E-state index in [4.69, 9.17) is 10.8 Å². The minimum atomic E-state index is 0.118. The summed E-state index contributed by atoms with van der Waals surface area (Å²) in [5.74, 6) is 0. The van der Waals surface area contributed by atoms with Gasteiger partial charge in [0.25, 0.3) is 0 Å². The lowest BCUT2D eigenvalue weighted by atomic mass is 10.2. The summed E-state index contributed by atoms with van der Waals surface area (Å²) in [6, 6.07) is 5.80. The third kappa shape index (κ3) is 4.14. The zero-order chi connectivity index (χ0) is 11.0. The fourth-order valence-electron chi connectivity index (χ4n) is 1.03. The van der Waals surface area contributed by atoms with Gasteiger partial charge in [-0.2, -0.15) is 0 Å². The van der Waals surface area contributed by atoms with E-state index in [0.717, 1.165) is 16.9 Å². The maximum atomic E-state index is 8.57. The van der Waals surface area contributed by atoms with Crippen LogP contribution < -0.4 is 11.1 Å². The van der Waals surface area contributed by atoms with E-state index in [9.17, 15) is 0 Å². The van der Waals surface area contributed by atoms with Crippen LogP contribution in [0.25, 0.3) is 0 Å². The summed E-state index contributed by atoms with van der Waals surface area (Å²) in [6.07, 6.45) is 0. The molecule has 1 aromatic rings. The number of benzene rings is 1. The molecule has 3 nitrogen and oxygen atoms in total. The van der Waals surface area contributed by atoms with Gasteiger partial charge in [0.1, 0.15) is 0 Å². The molecule has 0 aliphatic rings. The van der Waals surface area contributed by atoms with Crippen molar-refractivity contribution in [2.75, 3.05) is 24.2 Å². The molecular weight excluding hydrogens is 176 g/mol. The first-order valence-electron chi connectivity index (χ1n) is 4.95. The van der Waals surface area contributed by atoms with Crippen molar-refractivity contribution in [3.05, 3.63) is 23.8 Å². The number of hydrogen-bond acceptors (Lipinski definition) is 3. The van der Waals surface area contributed by atoms with E-state index in [-0.39, 0.29) is 6.61 Å². The number of nitrogen functional groups attached to an aromatic ring is 1. The Morgan fingerprint density at radius 2 is 2.00 bits per heavy atom. The normalized spacial score (nSPS) is 8.86. The minimum absolute atomic E-state index is 0.118. The maximum Gasteiger partial charge on any atom is 0.0604 e. The van der Waals surface area contributed by atoms with Crippen molar-refractivity contribution in [1.29, 1.82) is 0 Å². The number of aliphatic hydroxyl groups is 1. The van der Waals surface area contributed by atoms with Crippen LogP contribution in [-0.4, -0.2) is 18.3 Å². The van der Waals surface area contributed by atoms with Crippen molar-refractivity contribution < 1.29 is 5.11 Å². The van der Waals surface area contributed by atoms with E-state index in [0.29, 0.717) is 6.54 Å². The predicted molar refractivity (Wildman–Crippen MR) is 62.5 cm³/mol. The number of anilines is 2. The van der Waals surface area contributed by atoms with Gasteiger partial charge in [-0.05, 0) is 24.6 Å². The molecule has 0 heterocycles. The first kappa shape index (κ1) is 12.8. The van der Waals surface area contributed by atoms with Crippen LogP contribution in [0.5, 0.6) is 0 Å². The van der Waals surface area contributed by atoms with Crippen molar-refractivity contribution in [2.24, 2.45) is 0 Å². The fraction of sp³-hybridized carbons (Fsp3) is 0.455. The van der Waals surface area contributed by atoms with E-state index in [2.05, 4.69) is 5.32 Å². The number of nitrogens with one attached hydrogen (secondary N) is 1. The smallest absolute Gasteiger partial charge is 0.0604 e. The summed E-state index contributed by atoms with van der Waals surface area (Å²) >= 11 is 0. The van der Waals surface area contributed by atoms with Crippen LogP contribution in [0.2, 0.25) is 0 Å². The van der Waals surface area contributed by atoms with Crippen LogP contribution in [0.3, 0.4) is 0 Å². The van der Waals surface area contributed by atoms with E-state index in [1.54, 1.807) is 0 Å². The summed E-state index contributed by atoms with van der Waals surface area (Å²) in [6.45, 7) is 6.65. The molecule has 0 aliphatic carbocycles. The van der Waals surface area contributed by atoms with Crippen LogP contribution in [0.15, 0.2) is 18.2 Å². The molecule has 1 rings (SSSR count). The summed E-state index contributed by atoms with van der Waals surface area (Å²) in [5, 5.41) is 11.6.